The Kier molecular flexibility index (Phi) is 6.22. The number of fused-ring (bicyclic) bond motifs is 1. The van der Waals surface area contributed by atoms with Crippen LogP contribution in [0.25, 0.3) is 16.9 Å². The van der Waals surface area contributed by atoms with Crippen LogP contribution in [0, 0.1) is 12.7 Å². The lowest BCUT2D eigenvalue weighted by molar-refractivity contribution is 0.414. The van der Waals surface area contributed by atoms with Crippen molar-refractivity contribution < 1.29 is 9.13 Å². The van der Waals surface area contributed by atoms with E-state index in [9.17, 15) is 4.39 Å². The molecule has 38 heavy (non-hydrogen) atoms. The zero-order valence-electron chi connectivity index (χ0n) is 21.2. The molecule has 5 nitrogen and oxygen atoms in total. The number of methoxy groups -OCH3 is 1. The van der Waals surface area contributed by atoms with Crippen LogP contribution in [0.3, 0.4) is 0 Å². The maximum Gasteiger partial charge on any atom is 0.157 e. The highest BCUT2D eigenvalue weighted by molar-refractivity contribution is 6.05. The fraction of sp³-hybridized carbons (Fsp3) is 0.125. The van der Waals surface area contributed by atoms with E-state index in [1.54, 1.807) is 19.2 Å². The molecule has 0 aliphatic carbocycles. The molecule has 0 spiro atoms. The van der Waals surface area contributed by atoms with Crippen molar-refractivity contribution in [2.24, 2.45) is 4.99 Å². The van der Waals surface area contributed by atoms with Crippen LogP contribution < -0.4 is 10.1 Å². The number of para-hydroxylation sites is 1. The van der Waals surface area contributed by atoms with E-state index in [0.29, 0.717) is 12.1 Å². The maximum atomic E-state index is 13.8. The second-order valence-electron chi connectivity index (χ2n) is 9.40. The molecule has 5 aromatic rings. The van der Waals surface area contributed by atoms with E-state index in [1.165, 1.54) is 17.7 Å². The summed E-state index contributed by atoms with van der Waals surface area (Å²) in [7, 11) is 1.67. The summed E-state index contributed by atoms with van der Waals surface area (Å²) in [6, 6.07) is 32.9. The van der Waals surface area contributed by atoms with Gasteiger partial charge in [0.2, 0.25) is 0 Å². The van der Waals surface area contributed by atoms with Gasteiger partial charge in [0.25, 0.3) is 0 Å². The summed E-state index contributed by atoms with van der Waals surface area (Å²) in [6.45, 7) is 2.08. The van der Waals surface area contributed by atoms with E-state index in [1.807, 2.05) is 47.1 Å². The lowest BCUT2D eigenvalue weighted by Crippen LogP contribution is -2.16. The first-order valence-corrected chi connectivity index (χ1v) is 12.6. The van der Waals surface area contributed by atoms with Crippen LogP contribution in [0.4, 0.5) is 15.9 Å². The summed E-state index contributed by atoms with van der Waals surface area (Å²) in [4.78, 5) is 5.25. The first-order chi connectivity index (χ1) is 18.6. The molecule has 1 atom stereocenters. The van der Waals surface area contributed by atoms with Crippen molar-refractivity contribution in [1.82, 2.24) is 9.78 Å². The standard InChI is InChI=1S/C32H27FN4O/c1-21-8-10-22(11-9-21)28-20-29(23-14-18-27(38-2)19-15-23)35-32-31(34-28)30(24-12-16-25(33)17-13-24)36-37(32)26-6-4-3-5-7-26/h3-19,29,35H,20H2,1-2H3. The van der Waals surface area contributed by atoms with Crippen molar-refractivity contribution in [3.63, 3.8) is 0 Å². The number of aryl methyl sites for hydroxylation is 1. The molecular formula is C32H27FN4O. The van der Waals surface area contributed by atoms with Crippen LogP contribution >= 0.6 is 0 Å². The van der Waals surface area contributed by atoms with Crippen molar-refractivity contribution in [3.05, 3.63) is 126 Å². The number of benzene rings is 4. The molecule has 6 rings (SSSR count). The van der Waals surface area contributed by atoms with Gasteiger partial charge in [-0.15, -0.1) is 0 Å². The largest absolute Gasteiger partial charge is 0.497 e. The van der Waals surface area contributed by atoms with Gasteiger partial charge >= 0.3 is 0 Å². The summed E-state index contributed by atoms with van der Waals surface area (Å²) in [6.07, 6.45) is 0.668. The Morgan fingerprint density at radius 3 is 2.21 bits per heavy atom. The normalized spacial score (nSPS) is 14.7. The Morgan fingerprint density at radius 2 is 1.53 bits per heavy atom. The molecule has 1 unspecified atom stereocenters. The molecule has 0 saturated carbocycles. The molecule has 0 amide bonds. The van der Waals surface area contributed by atoms with Gasteiger partial charge < -0.3 is 10.1 Å². The van der Waals surface area contributed by atoms with Gasteiger partial charge in [0, 0.05) is 12.0 Å². The van der Waals surface area contributed by atoms with E-state index in [4.69, 9.17) is 14.8 Å². The predicted octanol–water partition coefficient (Wildman–Crippen LogP) is 7.67. The molecule has 188 valence electrons. The second kappa shape index (κ2) is 9.98. The number of aliphatic imine (C=N–C) groups is 1. The molecule has 1 aliphatic heterocycles. The summed E-state index contributed by atoms with van der Waals surface area (Å²) in [5.74, 6) is 1.31. The Balaban J connectivity index is 1.58. The van der Waals surface area contributed by atoms with Gasteiger partial charge in [0.05, 0.1) is 24.6 Å². The maximum absolute atomic E-state index is 13.8. The topological polar surface area (TPSA) is 51.4 Å². The molecule has 1 aliphatic rings. The number of hydrogen-bond acceptors (Lipinski definition) is 4. The van der Waals surface area contributed by atoms with Crippen molar-refractivity contribution in [2.45, 2.75) is 19.4 Å². The average molecular weight is 503 g/mol. The fourth-order valence-corrected chi connectivity index (χ4v) is 4.76. The van der Waals surface area contributed by atoms with E-state index < -0.39 is 0 Å². The molecule has 1 N–H and O–H groups in total. The van der Waals surface area contributed by atoms with Crippen LogP contribution in [0.1, 0.15) is 29.2 Å². The van der Waals surface area contributed by atoms with Crippen LogP contribution in [-0.2, 0) is 0 Å². The first kappa shape index (κ1) is 23.7. The van der Waals surface area contributed by atoms with Crippen LogP contribution in [0.2, 0.25) is 0 Å². The second-order valence-corrected chi connectivity index (χ2v) is 9.40. The summed E-state index contributed by atoms with van der Waals surface area (Å²) < 4.78 is 21.1. The number of aromatic nitrogens is 2. The van der Waals surface area contributed by atoms with Crippen molar-refractivity contribution in [1.29, 1.82) is 0 Å². The van der Waals surface area contributed by atoms with Gasteiger partial charge in [0.15, 0.2) is 5.82 Å². The monoisotopic (exact) mass is 502 g/mol. The average Bonchev–Trinajstić information content (AvgIpc) is 3.18. The Hall–Kier alpha value is -4.71. The highest BCUT2D eigenvalue weighted by Crippen LogP contribution is 2.43. The third kappa shape index (κ3) is 4.57. The Labute approximate surface area is 221 Å². The van der Waals surface area contributed by atoms with E-state index >= 15 is 0 Å². The molecular weight excluding hydrogens is 475 g/mol. The van der Waals surface area contributed by atoms with Crippen molar-refractivity contribution >= 4 is 17.2 Å². The minimum absolute atomic E-state index is 0.0672. The SMILES string of the molecule is COc1ccc(C2CC(c3ccc(C)cc3)=Nc3c(-c4ccc(F)cc4)nn(-c4ccccc4)c3N2)cc1. The van der Waals surface area contributed by atoms with E-state index in [0.717, 1.165) is 45.3 Å². The van der Waals surface area contributed by atoms with E-state index in [-0.39, 0.29) is 11.9 Å². The number of nitrogens with zero attached hydrogens (tertiary/aromatic N) is 3. The smallest absolute Gasteiger partial charge is 0.157 e. The third-order valence-corrected chi connectivity index (χ3v) is 6.84. The van der Waals surface area contributed by atoms with Gasteiger partial charge in [-0.2, -0.15) is 5.10 Å². The summed E-state index contributed by atoms with van der Waals surface area (Å²) >= 11 is 0. The van der Waals surface area contributed by atoms with Crippen LogP contribution in [0.5, 0.6) is 5.75 Å². The third-order valence-electron chi connectivity index (χ3n) is 6.84. The van der Waals surface area contributed by atoms with Crippen molar-refractivity contribution in [3.8, 4) is 22.7 Å². The Morgan fingerprint density at radius 1 is 0.842 bits per heavy atom. The molecule has 0 saturated heterocycles. The van der Waals surface area contributed by atoms with Crippen LogP contribution in [0.15, 0.2) is 108 Å². The highest BCUT2D eigenvalue weighted by Gasteiger charge is 2.28. The number of anilines is 1. The van der Waals surface area contributed by atoms with Gasteiger partial charge in [-0.3, -0.25) is 0 Å². The fourth-order valence-electron chi connectivity index (χ4n) is 4.76. The van der Waals surface area contributed by atoms with Gasteiger partial charge in [-0.05, 0) is 66.6 Å². The number of ether oxygens (including phenoxy) is 1. The van der Waals surface area contributed by atoms with Gasteiger partial charge in [-0.1, -0.05) is 60.2 Å². The molecule has 6 heteroatoms. The molecule has 4 aromatic carbocycles. The molecule has 0 radical (unpaired) electrons. The predicted molar refractivity (Wildman–Crippen MR) is 150 cm³/mol. The van der Waals surface area contributed by atoms with Gasteiger partial charge in [-0.25, -0.2) is 14.1 Å². The van der Waals surface area contributed by atoms with E-state index in [2.05, 4.69) is 48.6 Å². The minimum Gasteiger partial charge on any atom is -0.497 e. The first-order valence-electron chi connectivity index (χ1n) is 12.6. The number of hydrogen-bond donors (Lipinski definition) is 1. The summed E-state index contributed by atoms with van der Waals surface area (Å²) in [5.41, 5.74) is 7.44. The van der Waals surface area contributed by atoms with Crippen LogP contribution in [-0.4, -0.2) is 22.6 Å². The molecule has 1 aromatic heterocycles. The summed E-state index contributed by atoms with van der Waals surface area (Å²) in [5, 5.41) is 8.77. The lowest BCUT2D eigenvalue weighted by Gasteiger charge is -2.20. The number of rotatable bonds is 5. The lowest BCUT2D eigenvalue weighted by atomic mass is 9.97. The quantitative estimate of drug-likeness (QED) is 0.268. The van der Waals surface area contributed by atoms with Gasteiger partial charge in [0.1, 0.15) is 22.9 Å². The Bertz CT molecular complexity index is 1590. The highest BCUT2D eigenvalue weighted by atomic mass is 19.1. The molecule has 0 fully saturated rings. The molecule has 2 heterocycles. The molecule has 0 bridgehead atoms. The number of halogens is 1. The zero-order valence-corrected chi connectivity index (χ0v) is 21.2. The minimum atomic E-state index is -0.288. The number of nitrogens with one attached hydrogen (secondary N) is 1. The van der Waals surface area contributed by atoms with Crippen molar-refractivity contribution in [2.75, 3.05) is 12.4 Å². The zero-order chi connectivity index (χ0) is 26.1.